The number of likely N-dealkylation sites (tertiary alicyclic amines) is 1. The van der Waals surface area contributed by atoms with Gasteiger partial charge in [-0.25, -0.2) is 9.67 Å². The first-order valence-corrected chi connectivity index (χ1v) is 9.62. The van der Waals surface area contributed by atoms with E-state index in [0.717, 1.165) is 41.9 Å². The summed E-state index contributed by atoms with van der Waals surface area (Å²) in [4.78, 5) is 23.1. The molecule has 2 aromatic heterocycles. The Bertz CT molecular complexity index is 1080. The lowest BCUT2D eigenvalue weighted by Gasteiger charge is -2.31. The van der Waals surface area contributed by atoms with E-state index in [9.17, 15) is 4.79 Å². The zero-order valence-corrected chi connectivity index (χ0v) is 15.5. The minimum Gasteiger partial charge on any atom is -0.342 e. The highest BCUT2D eigenvalue weighted by Gasteiger charge is 2.28. The summed E-state index contributed by atoms with van der Waals surface area (Å²) >= 11 is 0. The summed E-state index contributed by atoms with van der Waals surface area (Å²) in [7, 11) is 0. The fourth-order valence-electron chi connectivity index (χ4n) is 3.89. The molecule has 3 heterocycles. The van der Waals surface area contributed by atoms with E-state index in [0.29, 0.717) is 12.1 Å². The normalized spacial score (nSPS) is 17.1. The Kier molecular flexibility index (Phi) is 4.16. The number of carbonyl (C=O) groups excluding carboxylic acids is 1. The first-order chi connectivity index (χ1) is 13.8. The van der Waals surface area contributed by atoms with Crippen molar-refractivity contribution < 1.29 is 4.79 Å². The van der Waals surface area contributed by atoms with Crippen molar-refractivity contribution in [1.82, 2.24) is 24.6 Å². The van der Waals surface area contributed by atoms with Crippen molar-refractivity contribution in [1.29, 1.82) is 0 Å². The van der Waals surface area contributed by atoms with Crippen LogP contribution in [0.15, 0.2) is 67.0 Å². The lowest BCUT2D eigenvalue weighted by atomic mass is 9.97. The van der Waals surface area contributed by atoms with E-state index < -0.39 is 0 Å². The average molecular weight is 371 g/mol. The first-order valence-electron chi connectivity index (χ1n) is 9.62. The molecule has 5 rings (SSSR count). The number of fused-ring (bicyclic) bond motifs is 1. The quantitative estimate of drug-likeness (QED) is 0.596. The van der Waals surface area contributed by atoms with Crippen molar-refractivity contribution in [2.24, 2.45) is 0 Å². The van der Waals surface area contributed by atoms with Crippen LogP contribution in [-0.4, -0.2) is 43.6 Å². The number of amides is 1. The van der Waals surface area contributed by atoms with Gasteiger partial charge in [0.2, 0.25) is 0 Å². The Morgan fingerprint density at radius 3 is 2.75 bits per heavy atom. The number of carbonyl (C=O) groups is 1. The third kappa shape index (κ3) is 3.07. The molecule has 1 aliphatic heterocycles. The maximum atomic E-state index is 13.0. The zero-order valence-electron chi connectivity index (χ0n) is 15.5. The maximum Gasteiger partial charge on any atom is 0.257 e. The van der Waals surface area contributed by atoms with Gasteiger partial charge in [0.15, 0.2) is 0 Å². The second kappa shape index (κ2) is 6.96. The number of hydrogen-bond acceptors (Lipinski definition) is 3. The molecule has 1 N–H and O–H groups in total. The molecule has 0 radical (unpaired) electrons. The van der Waals surface area contributed by atoms with Crippen LogP contribution in [0.2, 0.25) is 0 Å². The first kappa shape index (κ1) is 16.7. The molecule has 1 aliphatic rings. The van der Waals surface area contributed by atoms with Gasteiger partial charge in [0.25, 0.3) is 5.91 Å². The molecule has 4 aromatic rings. The number of aromatic nitrogens is 4. The van der Waals surface area contributed by atoms with Crippen molar-refractivity contribution in [3.63, 3.8) is 0 Å². The molecule has 1 fully saturated rings. The van der Waals surface area contributed by atoms with Gasteiger partial charge in [0.1, 0.15) is 5.82 Å². The van der Waals surface area contributed by atoms with E-state index in [-0.39, 0.29) is 11.8 Å². The Hall–Kier alpha value is -3.41. The number of hydrogen-bond donors (Lipinski definition) is 1. The molecule has 1 atom stereocenters. The molecule has 0 unspecified atom stereocenters. The SMILES string of the molecule is O=C(c1cnn(-c2ccccc2)c1)N1CCC[C@@H](c2nc3ccccc3[nH]2)C1. The maximum absolute atomic E-state index is 13.0. The highest BCUT2D eigenvalue weighted by Crippen LogP contribution is 2.27. The Morgan fingerprint density at radius 2 is 1.89 bits per heavy atom. The van der Waals surface area contributed by atoms with Gasteiger partial charge < -0.3 is 9.88 Å². The third-order valence-corrected chi connectivity index (χ3v) is 5.35. The Balaban J connectivity index is 1.35. The van der Waals surface area contributed by atoms with Gasteiger partial charge in [-0.05, 0) is 37.1 Å². The molecule has 6 nitrogen and oxygen atoms in total. The number of H-pyrrole nitrogens is 1. The lowest BCUT2D eigenvalue weighted by Crippen LogP contribution is -2.39. The molecule has 140 valence electrons. The van der Waals surface area contributed by atoms with E-state index in [1.165, 1.54) is 0 Å². The highest BCUT2D eigenvalue weighted by atomic mass is 16.2. The van der Waals surface area contributed by atoms with Gasteiger partial charge in [-0.2, -0.15) is 5.10 Å². The minimum atomic E-state index is 0.0305. The smallest absolute Gasteiger partial charge is 0.257 e. The van der Waals surface area contributed by atoms with Gasteiger partial charge in [0, 0.05) is 25.2 Å². The molecular formula is C22H21N5O. The fraction of sp³-hybridized carbons (Fsp3) is 0.227. The molecule has 6 heteroatoms. The fourth-order valence-corrected chi connectivity index (χ4v) is 3.89. The molecule has 0 aliphatic carbocycles. The summed E-state index contributed by atoms with van der Waals surface area (Å²) in [6.07, 6.45) is 5.47. The van der Waals surface area contributed by atoms with Crippen molar-refractivity contribution in [3.8, 4) is 5.69 Å². The van der Waals surface area contributed by atoms with E-state index in [1.807, 2.05) is 65.7 Å². The molecule has 0 saturated carbocycles. The molecule has 0 spiro atoms. The van der Waals surface area contributed by atoms with Crippen LogP contribution in [0, 0.1) is 0 Å². The molecule has 1 amide bonds. The average Bonchev–Trinajstić information content (AvgIpc) is 3.41. The number of imidazole rings is 1. The number of rotatable bonds is 3. The predicted octanol–water partition coefficient (Wildman–Crippen LogP) is 3.77. The largest absolute Gasteiger partial charge is 0.342 e. The van der Waals surface area contributed by atoms with Crippen LogP contribution in [0.1, 0.15) is 34.9 Å². The van der Waals surface area contributed by atoms with Crippen LogP contribution in [0.3, 0.4) is 0 Å². The van der Waals surface area contributed by atoms with E-state index in [1.54, 1.807) is 10.9 Å². The van der Waals surface area contributed by atoms with Crippen molar-refractivity contribution in [3.05, 3.63) is 78.4 Å². The van der Waals surface area contributed by atoms with Gasteiger partial charge in [-0.3, -0.25) is 4.79 Å². The van der Waals surface area contributed by atoms with Crippen LogP contribution in [-0.2, 0) is 0 Å². The van der Waals surface area contributed by atoms with Crippen molar-refractivity contribution in [2.45, 2.75) is 18.8 Å². The van der Waals surface area contributed by atoms with Gasteiger partial charge >= 0.3 is 0 Å². The topological polar surface area (TPSA) is 66.8 Å². The lowest BCUT2D eigenvalue weighted by molar-refractivity contribution is 0.0705. The van der Waals surface area contributed by atoms with Gasteiger partial charge in [0.05, 0.1) is 28.5 Å². The standard InChI is InChI=1S/C22H21N5O/c28-22(17-13-23-27(15-17)18-8-2-1-3-9-18)26-12-6-7-16(14-26)21-24-19-10-4-5-11-20(19)25-21/h1-5,8-11,13,15-16H,6-7,12,14H2,(H,24,25)/t16-/m1/s1. The van der Waals surface area contributed by atoms with Crippen LogP contribution >= 0.6 is 0 Å². The van der Waals surface area contributed by atoms with E-state index >= 15 is 0 Å². The minimum absolute atomic E-state index is 0.0305. The van der Waals surface area contributed by atoms with Crippen LogP contribution in [0.5, 0.6) is 0 Å². The number of aromatic amines is 1. The second-order valence-electron chi connectivity index (χ2n) is 7.24. The third-order valence-electron chi connectivity index (χ3n) is 5.35. The van der Waals surface area contributed by atoms with E-state index in [2.05, 4.69) is 10.1 Å². The number of piperidine rings is 1. The molecule has 0 bridgehead atoms. The molecule has 1 saturated heterocycles. The summed E-state index contributed by atoms with van der Waals surface area (Å²) in [5.41, 5.74) is 3.59. The highest BCUT2D eigenvalue weighted by molar-refractivity contribution is 5.94. The zero-order chi connectivity index (χ0) is 18.9. The predicted molar refractivity (Wildman–Crippen MR) is 108 cm³/mol. The molecular weight excluding hydrogens is 350 g/mol. The summed E-state index contributed by atoms with van der Waals surface area (Å²) in [6, 6.07) is 17.9. The summed E-state index contributed by atoms with van der Waals surface area (Å²) in [5, 5.41) is 4.36. The van der Waals surface area contributed by atoms with Gasteiger partial charge in [-0.1, -0.05) is 30.3 Å². The van der Waals surface area contributed by atoms with Crippen molar-refractivity contribution >= 4 is 16.9 Å². The Morgan fingerprint density at radius 1 is 1.07 bits per heavy atom. The van der Waals surface area contributed by atoms with Crippen molar-refractivity contribution in [2.75, 3.05) is 13.1 Å². The summed E-state index contributed by atoms with van der Waals surface area (Å²) < 4.78 is 1.74. The van der Waals surface area contributed by atoms with Crippen LogP contribution in [0.25, 0.3) is 16.7 Å². The second-order valence-corrected chi connectivity index (χ2v) is 7.24. The Labute approximate surface area is 162 Å². The van der Waals surface area contributed by atoms with Gasteiger partial charge in [-0.15, -0.1) is 0 Å². The van der Waals surface area contributed by atoms with E-state index in [4.69, 9.17) is 4.98 Å². The summed E-state index contributed by atoms with van der Waals surface area (Å²) in [5.74, 6) is 1.23. The number of benzene rings is 2. The number of para-hydroxylation sites is 3. The number of nitrogens with one attached hydrogen (secondary N) is 1. The molecule has 2 aromatic carbocycles. The summed E-state index contributed by atoms with van der Waals surface area (Å²) in [6.45, 7) is 1.45. The monoisotopic (exact) mass is 371 g/mol. The van der Waals surface area contributed by atoms with Crippen LogP contribution < -0.4 is 0 Å². The molecule has 28 heavy (non-hydrogen) atoms. The number of nitrogens with zero attached hydrogens (tertiary/aromatic N) is 4. The van der Waals surface area contributed by atoms with Crippen LogP contribution in [0.4, 0.5) is 0 Å².